The van der Waals surface area contributed by atoms with Gasteiger partial charge in [-0.1, -0.05) is 11.6 Å². The average Bonchev–Trinajstić information content (AvgIpc) is 3.15. The number of carbonyl (C=O) groups excluding carboxylic acids is 1. The summed E-state index contributed by atoms with van der Waals surface area (Å²) < 4.78 is 0. The van der Waals surface area contributed by atoms with Crippen molar-refractivity contribution < 1.29 is 9.72 Å². The van der Waals surface area contributed by atoms with Gasteiger partial charge in [-0.3, -0.25) is 14.9 Å². The molecule has 0 saturated carbocycles. The van der Waals surface area contributed by atoms with E-state index in [1.54, 1.807) is 4.90 Å². The predicted octanol–water partition coefficient (Wildman–Crippen LogP) is 2.49. The Labute approximate surface area is 160 Å². The molecule has 1 aromatic carbocycles. The zero-order chi connectivity index (χ0) is 19.0. The van der Waals surface area contributed by atoms with Gasteiger partial charge in [0, 0.05) is 37.3 Å². The number of nitro groups is 1. The van der Waals surface area contributed by atoms with Gasteiger partial charge in [0.25, 0.3) is 11.6 Å². The molecule has 0 bridgehead atoms. The number of rotatable bonds is 3. The highest BCUT2D eigenvalue weighted by atomic mass is 35.5. The minimum absolute atomic E-state index is 0.0262. The molecule has 0 spiro atoms. The summed E-state index contributed by atoms with van der Waals surface area (Å²) in [5.74, 6) is 0.459. The van der Waals surface area contributed by atoms with Gasteiger partial charge in [-0.25, -0.2) is 0 Å². The normalized spacial score (nSPS) is 16.3. The molecule has 1 aliphatic heterocycles. The molecule has 2 aliphatic rings. The number of hydrogen-bond donors (Lipinski definition) is 0. The van der Waals surface area contributed by atoms with Gasteiger partial charge in [-0.05, 0) is 43.0 Å². The van der Waals surface area contributed by atoms with Gasteiger partial charge >= 0.3 is 0 Å². The number of nitrogens with zero attached hydrogens (tertiary/aromatic N) is 5. The molecular weight excluding hydrogens is 370 g/mol. The SMILES string of the molecule is O=C(c1cc(Cl)ccc1[N+](=O)[O-])N1CCN(c2cc3c(nn2)CCC3)CC1. The fraction of sp³-hybridized carbons (Fsp3) is 0.389. The highest BCUT2D eigenvalue weighted by Gasteiger charge is 2.28. The van der Waals surface area contributed by atoms with Crippen molar-refractivity contribution in [2.24, 2.45) is 0 Å². The minimum atomic E-state index is -0.556. The number of fused-ring (bicyclic) bond motifs is 1. The molecular formula is C18H18ClN5O3. The van der Waals surface area contributed by atoms with Crippen molar-refractivity contribution in [2.75, 3.05) is 31.1 Å². The quantitative estimate of drug-likeness (QED) is 0.593. The van der Waals surface area contributed by atoms with Crippen LogP contribution in [0.1, 0.15) is 28.0 Å². The van der Waals surface area contributed by atoms with Gasteiger partial charge in [-0.15, -0.1) is 5.10 Å². The molecule has 2 aromatic rings. The van der Waals surface area contributed by atoms with E-state index in [2.05, 4.69) is 21.2 Å². The van der Waals surface area contributed by atoms with Crippen molar-refractivity contribution in [1.82, 2.24) is 15.1 Å². The molecule has 0 N–H and O–H groups in total. The second kappa shape index (κ2) is 7.11. The summed E-state index contributed by atoms with van der Waals surface area (Å²) in [5, 5.41) is 20.2. The fourth-order valence-corrected chi connectivity index (χ4v) is 3.79. The van der Waals surface area contributed by atoms with Crippen molar-refractivity contribution >= 4 is 29.0 Å². The molecule has 27 heavy (non-hydrogen) atoms. The Morgan fingerprint density at radius 3 is 2.63 bits per heavy atom. The van der Waals surface area contributed by atoms with E-state index < -0.39 is 4.92 Å². The molecule has 1 fully saturated rings. The van der Waals surface area contributed by atoms with E-state index in [4.69, 9.17) is 11.6 Å². The van der Waals surface area contributed by atoms with Crippen LogP contribution in [0.25, 0.3) is 0 Å². The molecule has 9 heteroatoms. The summed E-state index contributed by atoms with van der Waals surface area (Å²) in [7, 11) is 0. The molecule has 1 aliphatic carbocycles. The first-order valence-corrected chi connectivity index (χ1v) is 9.24. The van der Waals surface area contributed by atoms with Crippen LogP contribution in [-0.4, -0.2) is 52.1 Å². The molecule has 4 rings (SSSR count). The lowest BCUT2D eigenvalue weighted by molar-refractivity contribution is -0.385. The highest BCUT2D eigenvalue weighted by Crippen LogP contribution is 2.26. The number of aryl methyl sites for hydroxylation is 2. The molecule has 1 aromatic heterocycles. The molecule has 0 atom stereocenters. The maximum atomic E-state index is 12.8. The van der Waals surface area contributed by atoms with Crippen LogP contribution in [0.15, 0.2) is 24.3 Å². The second-order valence-corrected chi connectivity index (χ2v) is 7.16. The van der Waals surface area contributed by atoms with Gasteiger partial charge in [-0.2, -0.15) is 5.10 Å². The van der Waals surface area contributed by atoms with E-state index >= 15 is 0 Å². The van der Waals surface area contributed by atoms with Crippen LogP contribution in [0.2, 0.25) is 5.02 Å². The van der Waals surface area contributed by atoms with Crippen molar-refractivity contribution in [1.29, 1.82) is 0 Å². The van der Waals surface area contributed by atoms with Gasteiger partial charge in [0.1, 0.15) is 5.56 Å². The van der Waals surface area contributed by atoms with Gasteiger partial charge < -0.3 is 9.80 Å². The summed E-state index contributed by atoms with van der Waals surface area (Å²) in [6.07, 6.45) is 3.15. The van der Waals surface area contributed by atoms with E-state index in [1.807, 2.05) is 0 Å². The molecule has 140 valence electrons. The maximum Gasteiger partial charge on any atom is 0.282 e. The van der Waals surface area contributed by atoms with Crippen LogP contribution in [0.3, 0.4) is 0 Å². The lowest BCUT2D eigenvalue weighted by Gasteiger charge is -2.35. The third-order valence-corrected chi connectivity index (χ3v) is 5.32. The Morgan fingerprint density at radius 1 is 1.11 bits per heavy atom. The fourth-order valence-electron chi connectivity index (χ4n) is 3.62. The van der Waals surface area contributed by atoms with Crippen molar-refractivity contribution in [3.05, 3.63) is 56.2 Å². The molecule has 8 nitrogen and oxygen atoms in total. The summed E-state index contributed by atoms with van der Waals surface area (Å²) in [6, 6.07) is 6.14. The number of anilines is 1. The van der Waals surface area contributed by atoms with Crippen LogP contribution >= 0.6 is 11.6 Å². The Bertz CT molecular complexity index is 912. The summed E-state index contributed by atoms with van der Waals surface area (Å²) in [4.78, 5) is 27.2. The van der Waals surface area contributed by atoms with E-state index in [0.29, 0.717) is 31.2 Å². The molecule has 0 unspecified atom stereocenters. The number of hydrogen-bond acceptors (Lipinski definition) is 6. The third kappa shape index (κ3) is 3.44. The Balaban J connectivity index is 1.47. The number of amides is 1. The summed E-state index contributed by atoms with van der Waals surface area (Å²) in [5.41, 5.74) is 2.14. The van der Waals surface area contributed by atoms with Crippen LogP contribution in [0, 0.1) is 10.1 Å². The van der Waals surface area contributed by atoms with Gasteiger partial charge in [0.15, 0.2) is 5.82 Å². The average molecular weight is 388 g/mol. The number of aromatic nitrogens is 2. The van der Waals surface area contributed by atoms with Crippen LogP contribution < -0.4 is 4.90 Å². The molecule has 1 amide bonds. The monoisotopic (exact) mass is 387 g/mol. The topological polar surface area (TPSA) is 92.5 Å². The Kier molecular flexibility index (Phi) is 4.65. The number of piperazine rings is 1. The number of benzene rings is 1. The number of carbonyl (C=O) groups is 1. The lowest BCUT2D eigenvalue weighted by atomic mass is 10.1. The van der Waals surface area contributed by atoms with E-state index in [-0.39, 0.29) is 17.2 Å². The maximum absolute atomic E-state index is 12.8. The highest BCUT2D eigenvalue weighted by molar-refractivity contribution is 6.31. The first kappa shape index (κ1) is 17.7. The largest absolute Gasteiger partial charge is 0.352 e. The zero-order valence-electron chi connectivity index (χ0n) is 14.6. The standard InChI is InChI=1S/C18H18ClN5O3/c19-13-4-5-16(24(26)27)14(11-13)18(25)23-8-6-22(7-9-23)17-10-12-2-1-3-15(12)20-21-17/h4-5,10-11H,1-3,6-9H2. The molecule has 1 saturated heterocycles. The first-order chi connectivity index (χ1) is 13.0. The zero-order valence-corrected chi connectivity index (χ0v) is 15.4. The van der Waals surface area contributed by atoms with Crippen LogP contribution in [0.4, 0.5) is 11.5 Å². The van der Waals surface area contributed by atoms with Crippen LogP contribution in [0.5, 0.6) is 0 Å². The summed E-state index contributed by atoms with van der Waals surface area (Å²) in [6.45, 7) is 2.13. The smallest absolute Gasteiger partial charge is 0.282 e. The van der Waals surface area contributed by atoms with Gasteiger partial charge in [0.2, 0.25) is 0 Å². The Hall–Kier alpha value is -2.74. The predicted molar refractivity (Wildman–Crippen MR) is 100 cm³/mol. The summed E-state index contributed by atoms with van der Waals surface area (Å²) >= 11 is 5.94. The molecule has 2 heterocycles. The van der Waals surface area contributed by atoms with Crippen molar-refractivity contribution in [3.8, 4) is 0 Å². The van der Waals surface area contributed by atoms with Crippen LogP contribution in [-0.2, 0) is 12.8 Å². The minimum Gasteiger partial charge on any atom is -0.352 e. The van der Waals surface area contributed by atoms with E-state index in [1.165, 1.54) is 23.8 Å². The molecule has 0 radical (unpaired) electrons. The first-order valence-electron chi connectivity index (χ1n) is 8.86. The Morgan fingerprint density at radius 2 is 1.89 bits per heavy atom. The van der Waals surface area contributed by atoms with E-state index in [9.17, 15) is 14.9 Å². The van der Waals surface area contributed by atoms with Gasteiger partial charge in [0.05, 0.1) is 10.6 Å². The number of halogens is 1. The second-order valence-electron chi connectivity index (χ2n) is 6.73. The third-order valence-electron chi connectivity index (χ3n) is 5.08. The van der Waals surface area contributed by atoms with Crippen molar-refractivity contribution in [3.63, 3.8) is 0 Å². The van der Waals surface area contributed by atoms with Crippen molar-refractivity contribution in [2.45, 2.75) is 19.3 Å². The van der Waals surface area contributed by atoms with E-state index in [0.717, 1.165) is 30.8 Å². The lowest BCUT2D eigenvalue weighted by Crippen LogP contribution is -2.49. The number of nitro benzene ring substituents is 1.